The van der Waals surface area contributed by atoms with Crippen LogP contribution in [0.2, 0.25) is 0 Å². The zero-order valence-corrected chi connectivity index (χ0v) is 9.53. The summed E-state index contributed by atoms with van der Waals surface area (Å²) in [6.45, 7) is 2.88. The van der Waals surface area contributed by atoms with Crippen molar-refractivity contribution in [1.29, 1.82) is 0 Å². The molecule has 0 spiro atoms. The molecule has 1 aromatic heterocycles. The quantitative estimate of drug-likeness (QED) is 0.599. The molecule has 0 saturated carbocycles. The van der Waals surface area contributed by atoms with E-state index in [1.54, 1.807) is 24.4 Å². The van der Waals surface area contributed by atoms with Crippen LogP contribution in [0, 0.1) is 0 Å². The Balaban J connectivity index is 2.57. The molecule has 0 fully saturated rings. The summed E-state index contributed by atoms with van der Waals surface area (Å²) in [5, 5.41) is 0. The Bertz CT molecular complexity index is 289. The molecule has 0 radical (unpaired) electrons. The van der Waals surface area contributed by atoms with Crippen LogP contribution in [0.25, 0.3) is 0 Å². The molecule has 4 heteroatoms. The molecule has 1 rings (SSSR count). The lowest BCUT2D eigenvalue weighted by Crippen LogP contribution is -2.21. The van der Waals surface area contributed by atoms with Gasteiger partial charge in [0.05, 0.1) is 6.61 Å². The molecule has 0 aliphatic carbocycles. The van der Waals surface area contributed by atoms with Crippen molar-refractivity contribution < 1.29 is 9.53 Å². The van der Waals surface area contributed by atoms with E-state index in [0.717, 1.165) is 0 Å². The molecule has 0 aliphatic heterocycles. The predicted octanol–water partition coefficient (Wildman–Crippen LogP) is 2.06. The highest BCUT2D eigenvalue weighted by molar-refractivity contribution is 9.10. The number of pyridine rings is 1. The second-order valence-corrected chi connectivity index (χ2v) is 3.81. The summed E-state index contributed by atoms with van der Waals surface area (Å²) in [4.78, 5) is 15.3. The van der Waals surface area contributed by atoms with Crippen molar-refractivity contribution in [3.05, 3.63) is 30.1 Å². The smallest absolute Gasteiger partial charge is 0.197 e. The van der Waals surface area contributed by atoms with Gasteiger partial charge < -0.3 is 4.74 Å². The van der Waals surface area contributed by atoms with Crippen molar-refractivity contribution >= 4 is 21.7 Å². The SMILES string of the molecule is CCOCC(Br)C(=O)c1ccccn1. The van der Waals surface area contributed by atoms with Crippen molar-refractivity contribution in [3.8, 4) is 0 Å². The molecule has 1 heterocycles. The molecule has 1 atom stereocenters. The normalized spacial score (nSPS) is 12.4. The van der Waals surface area contributed by atoms with Crippen LogP contribution >= 0.6 is 15.9 Å². The maximum Gasteiger partial charge on any atom is 0.197 e. The van der Waals surface area contributed by atoms with Gasteiger partial charge in [-0.2, -0.15) is 0 Å². The van der Waals surface area contributed by atoms with E-state index in [-0.39, 0.29) is 10.6 Å². The van der Waals surface area contributed by atoms with Gasteiger partial charge in [-0.3, -0.25) is 9.78 Å². The third-order valence-corrected chi connectivity index (χ3v) is 2.35. The van der Waals surface area contributed by atoms with Gasteiger partial charge >= 0.3 is 0 Å². The first-order valence-electron chi connectivity index (χ1n) is 4.42. The zero-order valence-electron chi connectivity index (χ0n) is 7.94. The number of halogens is 1. The average molecular weight is 258 g/mol. The Hall–Kier alpha value is -0.740. The fraction of sp³-hybridized carbons (Fsp3) is 0.400. The lowest BCUT2D eigenvalue weighted by atomic mass is 10.2. The highest BCUT2D eigenvalue weighted by Crippen LogP contribution is 2.08. The maximum atomic E-state index is 11.7. The van der Waals surface area contributed by atoms with Crippen LogP contribution in [0.3, 0.4) is 0 Å². The summed E-state index contributed by atoms with van der Waals surface area (Å²) in [7, 11) is 0. The lowest BCUT2D eigenvalue weighted by molar-refractivity contribution is 0.0910. The molecule has 0 amide bonds. The van der Waals surface area contributed by atoms with Crippen LogP contribution in [-0.2, 0) is 4.74 Å². The van der Waals surface area contributed by atoms with Gasteiger partial charge in [-0.15, -0.1) is 0 Å². The standard InChI is InChI=1S/C10H12BrNO2/c1-2-14-7-8(11)10(13)9-5-3-4-6-12-9/h3-6,8H,2,7H2,1H3. The van der Waals surface area contributed by atoms with E-state index in [9.17, 15) is 4.79 Å². The highest BCUT2D eigenvalue weighted by atomic mass is 79.9. The van der Waals surface area contributed by atoms with Crippen molar-refractivity contribution in [2.24, 2.45) is 0 Å². The monoisotopic (exact) mass is 257 g/mol. The Labute approximate surface area is 91.6 Å². The molecule has 1 aromatic rings. The molecule has 14 heavy (non-hydrogen) atoms. The van der Waals surface area contributed by atoms with Crippen molar-refractivity contribution in [2.75, 3.05) is 13.2 Å². The second-order valence-electron chi connectivity index (χ2n) is 2.71. The van der Waals surface area contributed by atoms with E-state index < -0.39 is 0 Å². The van der Waals surface area contributed by atoms with Crippen LogP contribution < -0.4 is 0 Å². The molecular weight excluding hydrogens is 246 g/mol. The van der Waals surface area contributed by atoms with Crippen LogP contribution in [0.1, 0.15) is 17.4 Å². The minimum atomic E-state index is -0.308. The number of alkyl halides is 1. The lowest BCUT2D eigenvalue weighted by Gasteiger charge is -2.07. The van der Waals surface area contributed by atoms with E-state index >= 15 is 0 Å². The molecule has 0 aliphatic rings. The molecule has 0 N–H and O–H groups in total. The molecule has 1 unspecified atom stereocenters. The molecule has 0 aromatic carbocycles. The number of ketones is 1. The summed E-state index contributed by atoms with van der Waals surface area (Å²) in [5.41, 5.74) is 0.467. The van der Waals surface area contributed by atoms with Gasteiger partial charge in [0.25, 0.3) is 0 Å². The molecular formula is C10H12BrNO2. The van der Waals surface area contributed by atoms with Crippen molar-refractivity contribution in [2.45, 2.75) is 11.8 Å². The molecule has 3 nitrogen and oxygen atoms in total. The van der Waals surface area contributed by atoms with E-state index in [2.05, 4.69) is 20.9 Å². The Kier molecular flexibility index (Phi) is 4.76. The summed E-state index contributed by atoms with van der Waals surface area (Å²) in [6.07, 6.45) is 1.60. The average Bonchev–Trinajstić information content (AvgIpc) is 2.26. The first kappa shape index (κ1) is 11.3. The predicted molar refractivity (Wildman–Crippen MR) is 57.8 cm³/mol. The minimum absolute atomic E-state index is 0.0425. The van der Waals surface area contributed by atoms with Gasteiger partial charge in [-0.1, -0.05) is 22.0 Å². The van der Waals surface area contributed by atoms with E-state index in [4.69, 9.17) is 4.74 Å². The van der Waals surface area contributed by atoms with Gasteiger partial charge in [0.1, 0.15) is 10.5 Å². The molecule has 0 saturated heterocycles. The topological polar surface area (TPSA) is 39.2 Å². The van der Waals surface area contributed by atoms with Crippen LogP contribution in [0.5, 0.6) is 0 Å². The summed E-state index contributed by atoms with van der Waals surface area (Å²) in [5.74, 6) is -0.0425. The van der Waals surface area contributed by atoms with E-state index in [1.165, 1.54) is 0 Å². The Morgan fingerprint density at radius 3 is 3.00 bits per heavy atom. The Morgan fingerprint density at radius 2 is 2.43 bits per heavy atom. The number of hydrogen-bond donors (Lipinski definition) is 0. The molecule has 0 bridgehead atoms. The second kappa shape index (κ2) is 5.88. The van der Waals surface area contributed by atoms with Crippen molar-refractivity contribution in [1.82, 2.24) is 4.98 Å². The first-order valence-corrected chi connectivity index (χ1v) is 5.34. The van der Waals surface area contributed by atoms with E-state index in [1.807, 2.05) is 6.92 Å². The fourth-order valence-corrected chi connectivity index (χ4v) is 1.39. The van der Waals surface area contributed by atoms with Crippen LogP contribution in [0.15, 0.2) is 24.4 Å². The molecule has 76 valence electrons. The number of nitrogens with zero attached hydrogens (tertiary/aromatic N) is 1. The number of ether oxygens (including phenoxy) is 1. The third-order valence-electron chi connectivity index (χ3n) is 1.67. The summed E-state index contributed by atoms with van der Waals surface area (Å²) in [6, 6.07) is 5.27. The van der Waals surface area contributed by atoms with Crippen LogP contribution in [0.4, 0.5) is 0 Å². The summed E-state index contributed by atoms with van der Waals surface area (Å²) < 4.78 is 5.14. The van der Waals surface area contributed by atoms with Crippen molar-refractivity contribution in [3.63, 3.8) is 0 Å². The zero-order chi connectivity index (χ0) is 10.4. The fourth-order valence-electron chi connectivity index (χ4n) is 0.966. The minimum Gasteiger partial charge on any atom is -0.380 e. The van der Waals surface area contributed by atoms with Gasteiger partial charge in [0.2, 0.25) is 0 Å². The van der Waals surface area contributed by atoms with Gasteiger partial charge in [-0.25, -0.2) is 0 Å². The number of Topliss-reactive ketones (excluding diaryl/α,β-unsaturated/α-hetero) is 1. The van der Waals surface area contributed by atoms with Gasteiger partial charge in [0, 0.05) is 12.8 Å². The number of hydrogen-bond acceptors (Lipinski definition) is 3. The third kappa shape index (κ3) is 3.20. The summed E-state index contributed by atoms with van der Waals surface area (Å²) >= 11 is 3.27. The Morgan fingerprint density at radius 1 is 1.64 bits per heavy atom. The number of carbonyl (C=O) groups excluding carboxylic acids is 1. The van der Waals surface area contributed by atoms with Gasteiger partial charge in [0.15, 0.2) is 5.78 Å². The maximum absolute atomic E-state index is 11.7. The first-order chi connectivity index (χ1) is 6.75. The largest absolute Gasteiger partial charge is 0.380 e. The number of carbonyl (C=O) groups is 1. The van der Waals surface area contributed by atoms with Gasteiger partial charge in [-0.05, 0) is 19.1 Å². The highest BCUT2D eigenvalue weighted by Gasteiger charge is 2.17. The number of rotatable bonds is 5. The number of aromatic nitrogens is 1. The van der Waals surface area contributed by atoms with Crippen LogP contribution in [-0.4, -0.2) is 28.8 Å². The van der Waals surface area contributed by atoms with E-state index in [0.29, 0.717) is 18.9 Å².